The third kappa shape index (κ3) is 3.43. The van der Waals surface area contributed by atoms with Crippen molar-refractivity contribution in [3.8, 4) is 11.1 Å². The quantitative estimate of drug-likeness (QED) is 0.322. The summed E-state index contributed by atoms with van der Waals surface area (Å²) in [5, 5.41) is 13.5. The lowest BCUT2D eigenvalue weighted by molar-refractivity contribution is 0.121. The first kappa shape index (κ1) is 20.6. The fraction of sp³-hybridized carbons (Fsp3) is 0.0385. The van der Waals surface area contributed by atoms with Crippen LogP contribution in [0.25, 0.3) is 22.0 Å². The molecule has 0 radical (unpaired) electrons. The zero-order valence-corrected chi connectivity index (χ0v) is 18.3. The zero-order chi connectivity index (χ0) is 22.1. The van der Waals surface area contributed by atoms with E-state index in [0.717, 1.165) is 5.56 Å². The molecule has 3 aromatic heterocycles. The second-order valence-corrected chi connectivity index (χ2v) is 8.09. The van der Waals surface area contributed by atoms with Crippen molar-refractivity contribution < 1.29 is 5.11 Å². The average molecular weight is 458 g/mol. The van der Waals surface area contributed by atoms with Crippen molar-refractivity contribution in [2.75, 3.05) is 0 Å². The predicted octanol–water partition coefficient (Wildman–Crippen LogP) is 6.28. The first-order chi connectivity index (χ1) is 15.6. The van der Waals surface area contributed by atoms with Gasteiger partial charge in [0, 0.05) is 29.5 Å². The molecule has 0 aliphatic carbocycles. The molecule has 4 nitrogen and oxygen atoms in total. The van der Waals surface area contributed by atoms with Crippen molar-refractivity contribution >= 4 is 34.1 Å². The molecule has 5 rings (SSSR count). The van der Waals surface area contributed by atoms with Crippen LogP contribution in [0.15, 0.2) is 97.5 Å². The maximum Gasteiger partial charge on any atom is 0.157 e. The number of benzene rings is 2. The van der Waals surface area contributed by atoms with E-state index < -0.39 is 5.60 Å². The average Bonchev–Trinajstić information content (AvgIpc) is 2.85. The smallest absolute Gasteiger partial charge is 0.157 e. The highest BCUT2D eigenvalue weighted by Crippen LogP contribution is 2.41. The van der Waals surface area contributed by atoms with Gasteiger partial charge < -0.3 is 5.11 Å². The van der Waals surface area contributed by atoms with Gasteiger partial charge in [-0.3, -0.25) is 9.97 Å². The van der Waals surface area contributed by atoms with Crippen LogP contribution in [0.5, 0.6) is 0 Å². The largest absolute Gasteiger partial charge is 0.374 e. The molecule has 0 saturated carbocycles. The lowest BCUT2D eigenvalue weighted by Gasteiger charge is -2.29. The summed E-state index contributed by atoms with van der Waals surface area (Å²) in [4.78, 5) is 13.1. The Morgan fingerprint density at radius 3 is 2.22 bits per heavy atom. The second kappa shape index (κ2) is 8.32. The van der Waals surface area contributed by atoms with Gasteiger partial charge in [-0.1, -0.05) is 65.7 Å². The number of aliphatic hydroxyl groups is 1. The zero-order valence-electron chi connectivity index (χ0n) is 16.8. The maximum atomic E-state index is 12.0. The Balaban J connectivity index is 1.78. The van der Waals surface area contributed by atoms with Crippen LogP contribution in [0.1, 0.15) is 16.8 Å². The molecule has 32 heavy (non-hydrogen) atoms. The fourth-order valence-corrected chi connectivity index (χ4v) is 4.60. The Morgan fingerprint density at radius 1 is 0.750 bits per heavy atom. The number of pyridine rings is 3. The third-order valence-electron chi connectivity index (χ3n) is 5.49. The van der Waals surface area contributed by atoms with Gasteiger partial charge in [0.15, 0.2) is 5.60 Å². The third-order valence-corrected chi connectivity index (χ3v) is 6.16. The minimum atomic E-state index is -1.51. The first-order valence-corrected chi connectivity index (χ1v) is 10.7. The van der Waals surface area contributed by atoms with E-state index in [9.17, 15) is 5.11 Å². The van der Waals surface area contributed by atoms with Gasteiger partial charge >= 0.3 is 0 Å². The SMILES string of the molecule is OC(c1ccncc1)(c1ccc2nc(Cl)c(-c3ccccc3)c(Cl)c2c1)c1ccccn1. The molecule has 1 atom stereocenters. The highest BCUT2D eigenvalue weighted by atomic mass is 35.5. The van der Waals surface area contributed by atoms with Crippen molar-refractivity contribution in [2.45, 2.75) is 5.60 Å². The van der Waals surface area contributed by atoms with Crippen LogP contribution in [0, 0.1) is 0 Å². The number of hydrogen-bond acceptors (Lipinski definition) is 4. The highest BCUT2D eigenvalue weighted by molar-refractivity contribution is 6.42. The normalized spacial score (nSPS) is 13.1. The first-order valence-electron chi connectivity index (χ1n) is 9.98. The van der Waals surface area contributed by atoms with Gasteiger partial charge in [0.25, 0.3) is 0 Å². The maximum absolute atomic E-state index is 12.0. The summed E-state index contributed by atoms with van der Waals surface area (Å²) in [6.45, 7) is 0. The van der Waals surface area contributed by atoms with Gasteiger partial charge in [-0.05, 0) is 53.1 Å². The van der Waals surface area contributed by atoms with E-state index in [1.807, 2.05) is 60.7 Å². The Labute approximate surface area is 195 Å². The molecule has 3 heterocycles. The fourth-order valence-electron chi connectivity index (χ4n) is 3.90. The van der Waals surface area contributed by atoms with E-state index in [1.165, 1.54) is 0 Å². The summed E-state index contributed by atoms with van der Waals surface area (Å²) in [7, 11) is 0. The number of aromatic nitrogens is 3. The van der Waals surface area contributed by atoms with Crippen molar-refractivity contribution in [1.82, 2.24) is 15.0 Å². The molecular weight excluding hydrogens is 441 g/mol. The molecule has 0 aliphatic heterocycles. The summed E-state index contributed by atoms with van der Waals surface area (Å²) in [5.74, 6) is 0. The molecule has 0 aliphatic rings. The van der Waals surface area contributed by atoms with Crippen LogP contribution >= 0.6 is 23.2 Å². The van der Waals surface area contributed by atoms with Crippen LogP contribution < -0.4 is 0 Å². The van der Waals surface area contributed by atoms with E-state index in [2.05, 4.69) is 15.0 Å². The summed E-state index contributed by atoms with van der Waals surface area (Å²) in [6, 6.07) is 24.1. The molecule has 5 aromatic rings. The molecule has 0 amide bonds. The van der Waals surface area contributed by atoms with Crippen molar-refractivity contribution in [3.05, 3.63) is 124 Å². The molecule has 1 N–H and O–H groups in total. The van der Waals surface area contributed by atoms with Gasteiger partial charge in [-0.25, -0.2) is 4.98 Å². The Hall–Kier alpha value is -3.31. The molecule has 2 aromatic carbocycles. The number of halogens is 2. The lowest BCUT2D eigenvalue weighted by Crippen LogP contribution is -2.30. The minimum Gasteiger partial charge on any atom is -0.374 e. The predicted molar refractivity (Wildman–Crippen MR) is 128 cm³/mol. The van der Waals surface area contributed by atoms with Gasteiger partial charge in [0.2, 0.25) is 0 Å². The highest BCUT2D eigenvalue weighted by Gasteiger charge is 2.35. The number of hydrogen-bond donors (Lipinski definition) is 1. The van der Waals surface area contributed by atoms with Crippen molar-refractivity contribution in [3.63, 3.8) is 0 Å². The summed E-state index contributed by atoms with van der Waals surface area (Å²) < 4.78 is 0. The number of fused-ring (bicyclic) bond motifs is 1. The summed E-state index contributed by atoms with van der Waals surface area (Å²) >= 11 is 13.4. The molecule has 6 heteroatoms. The van der Waals surface area contributed by atoms with E-state index in [0.29, 0.717) is 43.5 Å². The van der Waals surface area contributed by atoms with Gasteiger partial charge in [0.1, 0.15) is 5.15 Å². The van der Waals surface area contributed by atoms with Crippen molar-refractivity contribution in [1.29, 1.82) is 0 Å². The van der Waals surface area contributed by atoms with Crippen molar-refractivity contribution in [2.24, 2.45) is 0 Å². The number of nitrogens with zero attached hydrogens (tertiary/aromatic N) is 3. The Kier molecular flexibility index (Phi) is 5.35. The van der Waals surface area contributed by atoms with Crippen LogP contribution in [-0.2, 0) is 5.60 Å². The molecule has 1 unspecified atom stereocenters. The van der Waals surface area contributed by atoms with Gasteiger partial charge in [0.05, 0.1) is 16.2 Å². The molecule has 156 valence electrons. The van der Waals surface area contributed by atoms with E-state index in [1.54, 1.807) is 36.8 Å². The van der Waals surface area contributed by atoms with Crippen LogP contribution in [-0.4, -0.2) is 20.1 Å². The number of rotatable bonds is 4. The summed E-state index contributed by atoms with van der Waals surface area (Å²) in [5.41, 5.74) is 2.41. The Morgan fingerprint density at radius 2 is 1.50 bits per heavy atom. The Bertz CT molecular complexity index is 1360. The summed E-state index contributed by atoms with van der Waals surface area (Å²) in [6.07, 6.45) is 4.95. The lowest BCUT2D eigenvalue weighted by atomic mass is 9.83. The van der Waals surface area contributed by atoms with Gasteiger partial charge in [-0.2, -0.15) is 0 Å². The molecule has 0 bridgehead atoms. The molecule has 0 spiro atoms. The van der Waals surface area contributed by atoms with Crippen LogP contribution in [0.2, 0.25) is 10.2 Å². The van der Waals surface area contributed by atoms with Crippen LogP contribution in [0.3, 0.4) is 0 Å². The van der Waals surface area contributed by atoms with E-state index >= 15 is 0 Å². The molecule has 0 saturated heterocycles. The molecule has 0 fully saturated rings. The van der Waals surface area contributed by atoms with E-state index in [4.69, 9.17) is 23.2 Å². The minimum absolute atomic E-state index is 0.329. The van der Waals surface area contributed by atoms with Gasteiger partial charge in [-0.15, -0.1) is 0 Å². The standard InChI is InChI=1S/C26H17Cl2N3O/c27-24-20-16-19(9-10-21(20)31-25(28)23(24)17-6-2-1-3-7-17)26(32,18-11-14-29-15-12-18)22-8-4-5-13-30-22/h1-16,32H. The molecular formula is C26H17Cl2N3O. The monoisotopic (exact) mass is 457 g/mol. The second-order valence-electron chi connectivity index (χ2n) is 7.35. The topological polar surface area (TPSA) is 58.9 Å². The van der Waals surface area contributed by atoms with E-state index in [-0.39, 0.29) is 0 Å². The van der Waals surface area contributed by atoms with Crippen LogP contribution in [0.4, 0.5) is 0 Å².